The van der Waals surface area contributed by atoms with E-state index < -0.39 is 22.2 Å². The summed E-state index contributed by atoms with van der Waals surface area (Å²) < 4.78 is 55.0. The minimum atomic E-state index is -3.54. The van der Waals surface area contributed by atoms with Gasteiger partial charge in [-0.2, -0.15) is 0 Å². The smallest absolute Gasteiger partial charge is 0.188 e. The van der Waals surface area contributed by atoms with Crippen molar-refractivity contribution in [3.63, 3.8) is 0 Å². The van der Waals surface area contributed by atoms with E-state index >= 15 is 0 Å². The van der Waals surface area contributed by atoms with Gasteiger partial charge in [-0.15, -0.1) is 0 Å². The van der Waals surface area contributed by atoms with E-state index in [2.05, 4.69) is 0 Å². The van der Waals surface area contributed by atoms with Crippen LogP contribution in [0.4, 0.5) is 0 Å². The molecular formula is C27H32O7S. The number of hydrogen-bond acceptors (Lipinski definition) is 7. The van der Waals surface area contributed by atoms with Crippen molar-refractivity contribution < 1.29 is 32.1 Å². The molecule has 0 aliphatic carbocycles. The van der Waals surface area contributed by atoms with Crippen LogP contribution in [-0.4, -0.2) is 53.7 Å². The predicted octanol–water partition coefficient (Wildman–Crippen LogP) is 4.73. The van der Waals surface area contributed by atoms with Gasteiger partial charge in [0.05, 0.1) is 11.5 Å². The van der Waals surface area contributed by atoms with E-state index in [-0.39, 0.29) is 24.9 Å². The standard InChI is InChI=1S/C27H32O7S/c1-30-20-33-26-14-8-12-24-21(9-7-13-25(24)26)18-35(28,29)19-23(34-27-15-5-6-16-31-27)17-32-22-10-3-2-4-11-22/h2-4,7-14,23,27H,5-6,15-20H2,1H3. The summed E-state index contributed by atoms with van der Waals surface area (Å²) in [6, 6.07) is 20.5. The van der Waals surface area contributed by atoms with Gasteiger partial charge in [0.15, 0.2) is 22.9 Å². The van der Waals surface area contributed by atoms with Gasteiger partial charge in [0, 0.05) is 19.1 Å². The fourth-order valence-corrected chi connectivity index (χ4v) is 5.75. The molecule has 8 heteroatoms. The molecule has 0 saturated carbocycles. The molecule has 2 unspecified atom stereocenters. The number of ether oxygens (including phenoxy) is 5. The van der Waals surface area contributed by atoms with Gasteiger partial charge in [0.1, 0.15) is 24.2 Å². The van der Waals surface area contributed by atoms with Crippen LogP contribution in [0.5, 0.6) is 11.5 Å². The molecule has 0 aromatic heterocycles. The van der Waals surface area contributed by atoms with E-state index in [0.717, 1.165) is 30.0 Å². The third-order valence-electron chi connectivity index (χ3n) is 5.78. The fraction of sp³-hybridized carbons (Fsp3) is 0.407. The number of sulfone groups is 1. The summed E-state index contributed by atoms with van der Waals surface area (Å²) in [5, 5.41) is 1.67. The van der Waals surface area contributed by atoms with Crippen molar-refractivity contribution in [1.29, 1.82) is 0 Å². The van der Waals surface area contributed by atoms with Gasteiger partial charge in [0.2, 0.25) is 0 Å². The molecule has 1 aliphatic heterocycles. The van der Waals surface area contributed by atoms with Gasteiger partial charge in [0.25, 0.3) is 0 Å². The van der Waals surface area contributed by atoms with Crippen molar-refractivity contribution in [1.82, 2.24) is 0 Å². The zero-order valence-corrected chi connectivity index (χ0v) is 20.7. The second-order valence-corrected chi connectivity index (χ2v) is 10.7. The van der Waals surface area contributed by atoms with Crippen molar-refractivity contribution in [2.75, 3.05) is 32.9 Å². The van der Waals surface area contributed by atoms with Crippen molar-refractivity contribution in [3.8, 4) is 11.5 Å². The van der Waals surface area contributed by atoms with Crippen molar-refractivity contribution >= 4 is 20.6 Å². The average molecular weight is 501 g/mol. The second-order valence-electron chi connectivity index (χ2n) is 8.55. The number of rotatable bonds is 12. The average Bonchev–Trinajstić information content (AvgIpc) is 2.87. The molecule has 7 nitrogen and oxygen atoms in total. The molecule has 35 heavy (non-hydrogen) atoms. The monoisotopic (exact) mass is 500 g/mol. The molecule has 1 saturated heterocycles. The number of methoxy groups -OCH3 is 1. The molecule has 188 valence electrons. The Bertz CT molecular complexity index is 1170. The van der Waals surface area contributed by atoms with E-state index in [9.17, 15) is 8.42 Å². The van der Waals surface area contributed by atoms with Crippen molar-refractivity contribution in [3.05, 3.63) is 72.3 Å². The lowest BCUT2D eigenvalue weighted by Gasteiger charge is -2.27. The quantitative estimate of drug-likeness (QED) is 0.333. The van der Waals surface area contributed by atoms with Crippen LogP contribution in [0.25, 0.3) is 10.8 Å². The number of hydrogen-bond donors (Lipinski definition) is 0. The van der Waals surface area contributed by atoms with Crippen LogP contribution in [-0.2, 0) is 29.8 Å². The van der Waals surface area contributed by atoms with Gasteiger partial charge >= 0.3 is 0 Å². The summed E-state index contributed by atoms with van der Waals surface area (Å²) in [6.07, 6.45) is 1.66. The highest BCUT2D eigenvalue weighted by molar-refractivity contribution is 7.90. The zero-order valence-electron chi connectivity index (χ0n) is 19.9. The molecule has 0 N–H and O–H groups in total. The summed E-state index contributed by atoms with van der Waals surface area (Å²) >= 11 is 0. The molecule has 3 aromatic rings. The molecule has 1 aliphatic rings. The first kappa shape index (κ1) is 25.4. The molecule has 2 atom stereocenters. The van der Waals surface area contributed by atoms with Gasteiger partial charge < -0.3 is 23.7 Å². The van der Waals surface area contributed by atoms with E-state index in [0.29, 0.717) is 23.7 Å². The first-order valence-electron chi connectivity index (χ1n) is 11.8. The van der Waals surface area contributed by atoms with E-state index in [4.69, 9.17) is 23.7 Å². The Balaban J connectivity index is 1.50. The lowest BCUT2D eigenvalue weighted by Crippen LogP contribution is -2.36. The molecule has 3 aromatic carbocycles. The molecule has 1 fully saturated rings. The summed E-state index contributed by atoms with van der Waals surface area (Å²) in [6.45, 7) is 0.853. The van der Waals surface area contributed by atoms with Crippen LogP contribution in [0.2, 0.25) is 0 Å². The Morgan fingerprint density at radius 3 is 2.51 bits per heavy atom. The van der Waals surface area contributed by atoms with Gasteiger partial charge in [-0.3, -0.25) is 0 Å². The van der Waals surface area contributed by atoms with Gasteiger partial charge in [-0.25, -0.2) is 8.42 Å². The second kappa shape index (κ2) is 12.4. The van der Waals surface area contributed by atoms with E-state index in [1.54, 1.807) is 7.11 Å². The summed E-state index contributed by atoms with van der Waals surface area (Å²) in [5.41, 5.74) is 0.710. The molecule has 0 radical (unpaired) electrons. The van der Waals surface area contributed by atoms with Crippen molar-refractivity contribution in [2.24, 2.45) is 0 Å². The fourth-order valence-electron chi connectivity index (χ4n) is 4.17. The Morgan fingerprint density at radius 1 is 0.943 bits per heavy atom. The Kier molecular flexibility index (Phi) is 8.98. The van der Waals surface area contributed by atoms with E-state index in [1.165, 1.54) is 0 Å². The van der Waals surface area contributed by atoms with Crippen LogP contribution in [0.3, 0.4) is 0 Å². The SMILES string of the molecule is COCOc1cccc2c(CS(=O)(=O)CC(COc3ccccc3)OC3CCCCO3)cccc12. The molecule has 0 amide bonds. The molecule has 0 spiro atoms. The number of fused-ring (bicyclic) bond motifs is 1. The normalized spacial score (nSPS) is 17.2. The Morgan fingerprint density at radius 2 is 1.74 bits per heavy atom. The lowest BCUT2D eigenvalue weighted by molar-refractivity contribution is -0.188. The lowest BCUT2D eigenvalue weighted by atomic mass is 10.1. The van der Waals surface area contributed by atoms with Crippen LogP contribution in [0, 0.1) is 0 Å². The van der Waals surface area contributed by atoms with Crippen LogP contribution in [0.15, 0.2) is 66.7 Å². The van der Waals surface area contributed by atoms with Crippen LogP contribution in [0.1, 0.15) is 24.8 Å². The topological polar surface area (TPSA) is 80.3 Å². The third kappa shape index (κ3) is 7.41. The van der Waals surface area contributed by atoms with Crippen molar-refractivity contribution in [2.45, 2.75) is 37.4 Å². The maximum absolute atomic E-state index is 13.3. The Labute approximate surface area is 206 Å². The predicted molar refractivity (Wildman–Crippen MR) is 134 cm³/mol. The third-order valence-corrected chi connectivity index (χ3v) is 7.41. The largest absolute Gasteiger partial charge is 0.491 e. The van der Waals surface area contributed by atoms with E-state index in [1.807, 2.05) is 66.7 Å². The first-order valence-corrected chi connectivity index (χ1v) is 13.6. The number of benzene rings is 3. The maximum atomic E-state index is 13.3. The summed E-state index contributed by atoms with van der Waals surface area (Å²) in [4.78, 5) is 0. The molecular weight excluding hydrogens is 468 g/mol. The Hall–Kier alpha value is -2.65. The molecule has 4 rings (SSSR count). The maximum Gasteiger partial charge on any atom is 0.188 e. The van der Waals surface area contributed by atoms with Crippen LogP contribution >= 0.6 is 0 Å². The van der Waals surface area contributed by atoms with Gasteiger partial charge in [-0.05, 0) is 48.4 Å². The minimum absolute atomic E-state index is 0.116. The number of para-hydroxylation sites is 1. The minimum Gasteiger partial charge on any atom is -0.491 e. The highest BCUT2D eigenvalue weighted by Gasteiger charge is 2.26. The zero-order chi connectivity index (χ0) is 24.5. The van der Waals surface area contributed by atoms with Gasteiger partial charge in [-0.1, -0.05) is 48.5 Å². The highest BCUT2D eigenvalue weighted by Crippen LogP contribution is 2.29. The molecule has 0 bridgehead atoms. The summed E-state index contributed by atoms with van der Waals surface area (Å²) in [5.74, 6) is 1.03. The highest BCUT2D eigenvalue weighted by atomic mass is 32.2. The molecule has 1 heterocycles. The first-order chi connectivity index (χ1) is 17.0. The van der Waals surface area contributed by atoms with Crippen LogP contribution < -0.4 is 9.47 Å². The summed E-state index contributed by atoms with van der Waals surface area (Å²) in [7, 11) is -1.98.